The van der Waals surface area contributed by atoms with Crippen LogP contribution in [0.25, 0.3) is 27.9 Å². The molecular weight excluding hydrogens is 434 g/mol. The SMILES string of the molecule is Cc1cc2[nH]c(-c3cn4ncnc4c(C)c3C)c(C(C)C)c2nc1C1CCC(CC2COC2)CC1. The Kier molecular flexibility index (Phi) is 5.67. The van der Waals surface area contributed by atoms with Gasteiger partial charge in [-0.05, 0) is 87.5 Å². The van der Waals surface area contributed by atoms with Gasteiger partial charge in [0.2, 0.25) is 0 Å². The van der Waals surface area contributed by atoms with E-state index in [9.17, 15) is 0 Å². The molecule has 1 N–H and O–H groups in total. The van der Waals surface area contributed by atoms with E-state index in [1.807, 2.05) is 4.52 Å². The fourth-order valence-electron chi connectivity index (χ4n) is 6.45. The zero-order chi connectivity index (χ0) is 24.3. The average molecular weight is 472 g/mol. The number of rotatable bonds is 5. The predicted octanol–water partition coefficient (Wildman–Crippen LogP) is 6.63. The molecule has 0 aromatic carbocycles. The highest BCUT2D eigenvalue weighted by Crippen LogP contribution is 2.42. The van der Waals surface area contributed by atoms with Gasteiger partial charge >= 0.3 is 0 Å². The van der Waals surface area contributed by atoms with Crippen LogP contribution in [0.3, 0.4) is 0 Å². The quantitative estimate of drug-likeness (QED) is 0.355. The van der Waals surface area contributed by atoms with Crippen molar-refractivity contribution < 1.29 is 4.74 Å². The largest absolute Gasteiger partial charge is 0.381 e. The van der Waals surface area contributed by atoms with E-state index in [4.69, 9.17) is 9.72 Å². The molecule has 1 saturated heterocycles. The molecule has 0 bridgehead atoms. The summed E-state index contributed by atoms with van der Waals surface area (Å²) in [5.41, 5.74) is 11.9. The highest BCUT2D eigenvalue weighted by Gasteiger charge is 2.29. The summed E-state index contributed by atoms with van der Waals surface area (Å²) in [4.78, 5) is 13.6. The molecule has 35 heavy (non-hydrogen) atoms. The predicted molar refractivity (Wildman–Crippen MR) is 140 cm³/mol. The van der Waals surface area contributed by atoms with Crippen molar-refractivity contribution in [3.8, 4) is 11.3 Å². The van der Waals surface area contributed by atoms with E-state index in [-0.39, 0.29) is 0 Å². The van der Waals surface area contributed by atoms with Gasteiger partial charge in [-0.1, -0.05) is 13.8 Å². The Labute approximate surface area is 207 Å². The van der Waals surface area contributed by atoms with Gasteiger partial charge in [0.25, 0.3) is 0 Å². The maximum atomic E-state index is 5.40. The Morgan fingerprint density at radius 3 is 2.51 bits per heavy atom. The lowest BCUT2D eigenvalue weighted by Gasteiger charge is -2.34. The number of pyridine rings is 2. The standard InChI is InChI=1S/C29H37N5O/c1-16(2)25-27(23-12-34-29(30-15-31-34)19(5)18(23)4)32-24-10-17(3)26(33-28(24)25)22-8-6-20(7-9-22)11-21-13-35-14-21/h10,12,15-16,20-22,32H,6-9,11,13-14H2,1-5H3. The number of hydrogen-bond donors (Lipinski definition) is 1. The summed E-state index contributed by atoms with van der Waals surface area (Å²) < 4.78 is 7.29. The fraction of sp³-hybridized carbons (Fsp3) is 0.552. The van der Waals surface area contributed by atoms with Gasteiger partial charge in [-0.3, -0.25) is 4.98 Å². The normalized spacial score (nSPS) is 21.3. The summed E-state index contributed by atoms with van der Waals surface area (Å²) >= 11 is 0. The van der Waals surface area contributed by atoms with Crippen LogP contribution in [0.2, 0.25) is 0 Å². The summed E-state index contributed by atoms with van der Waals surface area (Å²) in [5.74, 6) is 2.60. The molecule has 1 aliphatic heterocycles. The molecule has 1 saturated carbocycles. The van der Waals surface area contributed by atoms with E-state index in [2.05, 4.69) is 61.9 Å². The van der Waals surface area contributed by atoms with E-state index < -0.39 is 0 Å². The number of H-pyrrole nitrogens is 1. The number of nitrogens with one attached hydrogen (secondary N) is 1. The van der Waals surface area contributed by atoms with Crippen molar-refractivity contribution in [3.63, 3.8) is 0 Å². The van der Waals surface area contributed by atoms with Gasteiger partial charge in [0, 0.05) is 34.9 Å². The second-order valence-corrected chi connectivity index (χ2v) is 11.3. The van der Waals surface area contributed by atoms with Crippen LogP contribution in [0, 0.1) is 32.6 Å². The molecule has 0 radical (unpaired) electrons. The maximum absolute atomic E-state index is 5.40. The van der Waals surface area contributed by atoms with Gasteiger partial charge in [-0.15, -0.1) is 0 Å². The van der Waals surface area contributed by atoms with Crippen molar-refractivity contribution in [2.75, 3.05) is 13.2 Å². The third-order valence-corrected chi connectivity index (χ3v) is 8.62. The molecule has 4 aromatic heterocycles. The zero-order valence-electron chi connectivity index (χ0n) is 21.7. The molecular formula is C29H37N5O. The van der Waals surface area contributed by atoms with Crippen molar-refractivity contribution in [2.45, 2.75) is 78.6 Å². The Morgan fingerprint density at radius 1 is 1.06 bits per heavy atom. The Balaban J connectivity index is 1.38. The van der Waals surface area contributed by atoms with E-state index in [0.717, 1.165) is 41.7 Å². The van der Waals surface area contributed by atoms with Gasteiger partial charge in [-0.25, -0.2) is 9.50 Å². The number of aryl methyl sites for hydroxylation is 2. The lowest BCUT2D eigenvalue weighted by Crippen LogP contribution is -2.30. The van der Waals surface area contributed by atoms with Crippen LogP contribution in [0.5, 0.6) is 0 Å². The molecule has 5 heterocycles. The molecule has 6 heteroatoms. The lowest BCUT2D eigenvalue weighted by molar-refractivity contribution is -0.0448. The highest BCUT2D eigenvalue weighted by atomic mass is 16.5. The number of nitrogens with zero attached hydrogens (tertiary/aromatic N) is 4. The van der Waals surface area contributed by atoms with Crippen LogP contribution >= 0.6 is 0 Å². The van der Waals surface area contributed by atoms with E-state index in [1.165, 1.54) is 71.3 Å². The summed E-state index contributed by atoms with van der Waals surface area (Å²) in [5, 5.41) is 4.43. The van der Waals surface area contributed by atoms with Crippen LogP contribution in [0.1, 0.15) is 85.7 Å². The highest BCUT2D eigenvalue weighted by molar-refractivity contribution is 5.90. The first-order valence-electron chi connectivity index (χ1n) is 13.3. The second kappa shape index (κ2) is 8.74. The summed E-state index contributed by atoms with van der Waals surface area (Å²) in [6.45, 7) is 13.1. The first-order valence-corrected chi connectivity index (χ1v) is 13.3. The van der Waals surface area contributed by atoms with Crippen LogP contribution in [0.4, 0.5) is 0 Å². The number of ether oxygens (including phenoxy) is 1. The minimum Gasteiger partial charge on any atom is -0.381 e. The lowest BCUT2D eigenvalue weighted by atomic mass is 9.76. The number of aromatic amines is 1. The first-order chi connectivity index (χ1) is 16.9. The molecule has 6 nitrogen and oxygen atoms in total. The Hall–Kier alpha value is -2.73. The van der Waals surface area contributed by atoms with E-state index in [1.54, 1.807) is 6.33 Å². The molecule has 0 unspecified atom stereocenters. The topological polar surface area (TPSA) is 68.1 Å². The van der Waals surface area contributed by atoms with Crippen molar-refractivity contribution in [1.29, 1.82) is 0 Å². The van der Waals surface area contributed by atoms with Gasteiger partial charge in [-0.2, -0.15) is 5.10 Å². The smallest absolute Gasteiger partial charge is 0.158 e. The number of fused-ring (bicyclic) bond motifs is 2. The molecule has 2 fully saturated rings. The molecule has 0 amide bonds. The van der Waals surface area contributed by atoms with Crippen molar-refractivity contribution in [3.05, 3.63) is 46.5 Å². The number of hydrogen-bond acceptors (Lipinski definition) is 4. The minimum atomic E-state index is 0.355. The second-order valence-electron chi connectivity index (χ2n) is 11.3. The summed E-state index contributed by atoms with van der Waals surface area (Å²) in [7, 11) is 0. The molecule has 184 valence electrons. The zero-order valence-corrected chi connectivity index (χ0v) is 21.7. The van der Waals surface area contributed by atoms with Crippen LogP contribution in [0.15, 0.2) is 18.6 Å². The van der Waals surface area contributed by atoms with Gasteiger partial charge in [0.05, 0.1) is 29.9 Å². The Morgan fingerprint density at radius 2 is 1.83 bits per heavy atom. The summed E-state index contributed by atoms with van der Waals surface area (Å²) in [6, 6.07) is 2.33. The van der Waals surface area contributed by atoms with Gasteiger partial charge < -0.3 is 9.72 Å². The molecule has 2 aliphatic rings. The number of aromatic nitrogens is 5. The van der Waals surface area contributed by atoms with E-state index in [0.29, 0.717) is 11.8 Å². The van der Waals surface area contributed by atoms with Crippen LogP contribution in [-0.4, -0.2) is 37.8 Å². The molecule has 0 atom stereocenters. The van der Waals surface area contributed by atoms with Gasteiger partial charge in [0.1, 0.15) is 6.33 Å². The minimum absolute atomic E-state index is 0.355. The third-order valence-electron chi connectivity index (χ3n) is 8.62. The average Bonchev–Trinajstić information content (AvgIpc) is 3.43. The third kappa shape index (κ3) is 3.86. The summed E-state index contributed by atoms with van der Waals surface area (Å²) in [6.07, 6.45) is 10.3. The molecule has 0 spiro atoms. The first kappa shape index (κ1) is 22.7. The maximum Gasteiger partial charge on any atom is 0.158 e. The van der Waals surface area contributed by atoms with Crippen molar-refractivity contribution in [1.82, 2.24) is 24.6 Å². The molecule has 4 aromatic rings. The monoisotopic (exact) mass is 471 g/mol. The van der Waals surface area contributed by atoms with Crippen LogP contribution in [-0.2, 0) is 4.74 Å². The molecule has 6 rings (SSSR count). The van der Waals surface area contributed by atoms with Crippen molar-refractivity contribution >= 4 is 16.7 Å². The van der Waals surface area contributed by atoms with Crippen molar-refractivity contribution in [2.24, 2.45) is 11.8 Å². The molecule has 1 aliphatic carbocycles. The van der Waals surface area contributed by atoms with Gasteiger partial charge in [0.15, 0.2) is 5.65 Å². The fourth-order valence-corrected chi connectivity index (χ4v) is 6.45. The van der Waals surface area contributed by atoms with E-state index >= 15 is 0 Å². The van der Waals surface area contributed by atoms with Crippen LogP contribution < -0.4 is 0 Å². The Bertz CT molecular complexity index is 1390.